The molecular weight excluding hydrogens is 204 g/mol. The molecule has 4 nitrogen and oxygen atoms in total. The monoisotopic (exact) mass is 216 g/mol. The molecular formula is C9H12O4S. The van der Waals surface area contributed by atoms with E-state index in [1.54, 1.807) is 0 Å². The largest absolute Gasteiger partial charge is 0.397 e. The van der Waals surface area contributed by atoms with Crippen LogP contribution < -0.4 is 0 Å². The van der Waals surface area contributed by atoms with Crippen molar-refractivity contribution in [2.75, 3.05) is 6.61 Å². The fourth-order valence-electron chi connectivity index (χ4n) is 1.09. The molecule has 0 bridgehead atoms. The van der Waals surface area contributed by atoms with Crippen molar-refractivity contribution in [1.29, 1.82) is 0 Å². The second-order valence-electron chi connectivity index (χ2n) is 2.84. The molecule has 5 heteroatoms. The van der Waals surface area contributed by atoms with Gasteiger partial charge >= 0.3 is 10.4 Å². The van der Waals surface area contributed by atoms with Gasteiger partial charge in [0.15, 0.2) is 0 Å². The number of benzene rings is 1. The molecule has 0 aliphatic carbocycles. The van der Waals surface area contributed by atoms with E-state index in [0.29, 0.717) is 6.42 Å². The van der Waals surface area contributed by atoms with E-state index in [1.165, 1.54) is 0 Å². The third-order valence-corrected chi connectivity index (χ3v) is 2.15. The van der Waals surface area contributed by atoms with E-state index in [9.17, 15) is 8.42 Å². The normalized spacial score (nSPS) is 11.5. The Morgan fingerprint density at radius 2 is 1.86 bits per heavy atom. The first-order valence-electron chi connectivity index (χ1n) is 4.24. The van der Waals surface area contributed by atoms with Crippen LogP contribution in [0.15, 0.2) is 30.3 Å². The van der Waals surface area contributed by atoms with Gasteiger partial charge in [0.25, 0.3) is 0 Å². The van der Waals surface area contributed by atoms with Gasteiger partial charge in [-0.25, -0.2) is 4.18 Å². The van der Waals surface area contributed by atoms with Crippen LogP contribution in [0, 0.1) is 0 Å². The SMILES string of the molecule is O=S(=O)(O)OCCCc1ccccc1. The van der Waals surface area contributed by atoms with Gasteiger partial charge in [-0.2, -0.15) is 8.42 Å². The lowest BCUT2D eigenvalue weighted by Crippen LogP contribution is -2.05. The van der Waals surface area contributed by atoms with Crippen molar-refractivity contribution in [3.8, 4) is 0 Å². The molecule has 0 saturated heterocycles. The van der Waals surface area contributed by atoms with Crippen LogP contribution in [-0.2, 0) is 21.0 Å². The molecule has 0 unspecified atom stereocenters. The van der Waals surface area contributed by atoms with Crippen LogP contribution in [0.3, 0.4) is 0 Å². The summed E-state index contributed by atoms with van der Waals surface area (Å²) in [5.74, 6) is 0. The molecule has 0 fully saturated rings. The summed E-state index contributed by atoms with van der Waals surface area (Å²) in [4.78, 5) is 0. The Balaban J connectivity index is 2.23. The van der Waals surface area contributed by atoms with E-state index >= 15 is 0 Å². The summed E-state index contributed by atoms with van der Waals surface area (Å²) in [6.45, 7) is 0.00767. The molecule has 0 saturated carbocycles. The van der Waals surface area contributed by atoms with Crippen molar-refractivity contribution in [3.05, 3.63) is 35.9 Å². The summed E-state index contributed by atoms with van der Waals surface area (Å²) in [6, 6.07) is 9.65. The van der Waals surface area contributed by atoms with Gasteiger partial charge in [-0.1, -0.05) is 30.3 Å². The van der Waals surface area contributed by atoms with Crippen LogP contribution in [0.1, 0.15) is 12.0 Å². The second kappa shape index (κ2) is 5.09. The van der Waals surface area contributed by atoms with E-state index in [4.69, 9.17) is 4.55 Å². The van der Waals surface area contributed by atoms with Gasteiger partial charge in [-0.05, 0) is 18.4 Å². The first-order chi connectivity index (χ1) is 6.58. The average molecular weight is 216 g/mol. The van der Waals surface area contributed by atoms with Crippen molar-refractivity contribution in [1.82, 2.24) is 0 Å². The van der Waals surface area contributed by atoms with Crippen molar-refractivity contribution < 1.29 is 17.2 Å². The third-order valence-electron chi connectivity index (χ3n) is 1.68. The van der Waals surface area contributed by atoms with Crippen LogP contribution in [0.5, 0.6) is 0 Å². The molecule has 0 aliphatic rings. The van der Waals surface area contributed by atoms with E-state index in [1.807, 2.05) is 30.3 Å². The number of hydrogen-bond donors (Lipinski definition) is 1. The van der Waals surface area contributed by atoms with Gasteiger partial charge < -0.3 is 0 Å². The second-order valence-corrected chi connectivity index (χ2v) is 3.93. The van der Waals surface area contributed by atoms with Gasteiger partial charge in [0.2, 0.25) is 0 Å². The van der Waals surface area contributed by atoms with E-state index in [0.717, 1.165) is 12.0 Å². The lowest BCUT2D eigenvalue weighted by Gasteiger charge is -2.00. The van der Waals surface area contributed by atoms with Crippen molar-refractivity contribution >= 4 is 10.4 Å². The highest BCUT2D eigenvalue weighted by molar-refractivity contribution is 7.80. The maximum absolute atomic E-state index is 10.2. The fourth-order valence-corrected chi connectivity index (χ4v) is 1.41. The Kier molecular flexibility index (Phi) is 4.06. The zero-order chi connectivity index (χ0) is 10.4. The topological polar surface area (TPSA) is 63.6 Å². The summed E-state index contributed by atoms with van der Waals surface area (Å²) in [6.07, 6.45) is 1.29. The highest BCUT2D eigenvalue weighted by Gasteiger charge is 2.02. The summed E-state index contributed by atoms with van der Waals surface area (Å²) in [5.41, 5.74) is 1.12. The maximum Gasteiger partial charge on any atom is 0.397 e. The first kappa shape index (κ1) is 11.2. The summed E-state index contributed by atoms with van der Waals surface area (Å²) < 4.78 is 32.8. The molecule has 0 amide bonds. The molecule has 1 aromatic carbocycles. The predicted molar refractivity (Wildman–Crippen MR) is 52.3 cm³/mol. The Hall–Kier alpha value is -0.910. The summed E-state index contributed by atoms with van der Waals surface area (Å²) >= 11 is 0. The molecule has 0 aliphatic heterocycles. The number of aryl methyl sites for hydroxylation is 1. The highest BCUT2D eigenvalue weighted by Crippen LogP contribution is 2.02. The molecule has 0 radical (unpaired) electrons. The number of hydrogen-bond acceptors (Lipinski definition) is 3. The van der Waals surface area contributed by atoms with Gasteiger partial charge in [-0.3, -0.25) is 4.55 Å². The van der Waals surface area contributed by atoms with E-state index in [2.05, 4.69) is 4.18 Å². The fraction of sp³-hybridized carbons (Fsp3) is 0.333. The van der Waals surface area contributed by atoms with Crippen molar-refractivity contribution in [2.45, 2.75) is 12.8 Å². The Morgan fingerprint density at radius 1 is 1.21 bits per heavy atom. The quantitative estimate of drug-likeness (QED) is 0.597. The lowest BCUT2D eigenvalue weighted by molar-refractivity contribution is 0.265. The molecule has 78 valence electrons. The van der Waals surface area contributed by atoms with Crippen LogP contribution in [0.25, 0.3) is 0 Å². The number of rotatable bonds is 5. The molecule has 1 rings (SSSR count). The molecule has 0 aromatic heterocycles. The zero-order valence-electron chi connectivity index (χ0n) is 7.59. The van der Waals surface area contributed by atoms with Crippen molar-refractivity contribution in [2.24, 2.45) is 0 Å². The minimum Gasteiger partial charge on any atom is -0.264 e. The standard InChI is InChI=1S/C9H12O4S/c10-14(11,12)13-8-4-7-9-5-2-1-3-6-9/h1-3,5-6H,4,7-8H2,(H,10,11,12). The molecule has 14 heavy (non-hydrogen) atoms. The summed E-state index contributed by atoms with van der Waals surface area (Å²) in [5, 5.41) is 0. The first-order valence-corrected chi connectivity index (χ1v) is 5.60. The van der Waals surface area contributed by atoms with Gasteiger partial charge in [0.05, 0.1) is 6.61 Å². The zero-order valence-corrected chi connectivity index (χ0v) is 8.40. The van der Waals surface area contributed by atoms with E-state index in [-0.39, 0.29) is 6.61 Å². The molecule has 1 aromatic rings. The lowest BCUT2D eigenvalue weighted by atomic mass is 10.1. The maximum atomic E-state index is 10.2. The minimum absolute atomic E-state index is 0.00767. The highest BCUT2D eigenvalue weighted by atomic mass is 32.3. The molecule has 1 N–H and O–H groups in total. The Labute approximate surface area is 83.5 Å². The van der Waals surface area contributed by atoms with Crippen molar-refractivity contribution in [3.63, 3.8) is 0 Å². The van der Waals surface area contributed by atoms with E-state index < -0.39 is 10.4 Å². The van der Waals surface area contributed by atoms with Crippen LogP contribution in [-0.4, -0.2) is 19.6 Å². The average Bonchev–Trinajstić information content (AvgIpc) is 2.13. The molecule has 0 atom stereocenters. The van der Waals surface area contributed by atoms with Gasteiger partial charge in [0, 0.05) is 0 Å². The Bertz CT molecular complexity index is 358. The Morgan fingerprint density at radius 3 is 2.43 bits per heavy atom. The summed E-state index contributed by atoms with van der Waals surface area (Å²) in [7, 11) is -4.28. The van der Waals surface area contributed by atoms with Crippen LogP contribution in [0.2, 0.25) is 0 Å². The van der Waals surface area contributed by atoms with Crippen LogP contribution >= 0.6 is 0 Å². The molecule has 0 heterocycles. The predicted octanol–water partition coefficient (Wildman–Crippen LogP) is 1.44. The molecule has 0 spiro atoms. The van der Waals surface area contributed by atoms with Gasteiger partial charge in [-0.15, -0.1) is 0 Å². The van der Waals surface area contributed by atoms with Crippen LogP contribution in [0.4, 0.5) is 0 Å². The smallest absolute Gasteiger partial charge is 0.264 e. The third kappa shape index (κ3) is 4.96. The minimum atomic E-state index is -4.28. The van der Waals surface area contributed by atoms with Gasteiger partial charge in [0.1, 0.15) is 0 Å².